The zero-order valence-electron chi connectivity index (χ0n) is 11.6. The molecule has 3 rings (SSSR count). The summed E-state index contributed by atoms with van der Waals surface area (Å²) in [5.74, 6) is 4.11. The highest BCUT2D eigenvalue weighted by atomic mass is 16.2. The third-order valence-corrected chi connectivity index (χ3v) is 5.53. The van der Waals surface area contributed by atoms with E-state index in [1.54, 1.807) is 0 Å². The molecule has 18 heavy (non-hydrogen) atoms. The molecule has 3 aliphatic carbocycles. The molecule has 0 aromatic rings. The summed E-state index contributed by atoms with van der Waals surface area (Å²) in [5.41, 5.74) is 5.58. The van der Waals surface area contributed by atoms with E-state index in [1.807, 2.05) is 0 Å². The van der Waals surface area contributed by atoms with Gasteiger partial charge in [-0.3, -0.25) is 4.79 Å². The molecule has 0 radical (unpaired) electrons. The maximum atomic E-state index is 12.7. The average Bonchev–Trinajstić information content (AvgIpc) is 2.78. The van der Waals surface area contributed by atoms with Crippen LogP contribution in [0.25, 0.3) is 0 Å². The summed E-state index contributed by atoms with van der Waals surface area (Å²) in [6.45, 7) is 5.78. The fourth-order valence-electron chi connectivity index (χ4n) is 4.73. The number of nitrogens with zero attached hydrogens (tertiary/aromatic N) is 1. The van der Waals surface area contributed by atoms with E-state index in [0.29, 0.717) is 24.4 Å². The molecule has 0 aromatic carbocycles. The number of amides is 1. The summed E-state index contributed by atoms with van der Waals surface area (Å²) in [6, 6.07) is 0.322. The van der Waals surface area contributed by atoms with E-state index in [0.717, 1.165) is 36.6 Å². The van der Waals surface area contributed by atoms with Crippen molar-refractivity contribution in [1.29, 1.82) is 0 Å². The number of hydrogen-bond acceptors (Lipinski definition) is 2. The van der Waals surface area contributed by atoms with Crippen LogP contribution in [-0.2, 0) is 4.79 Å². The molecule has 3 saturated carbocycles. The Bertz CT molecular complexity index is 325. The predicted octanol–water partition coefficient (Wildman–Crippen LogP) is 1.86. The van der Waals surface area contributed by atoms with Gasteiger partial charge in [-0.15, -0.1) is 0 Å². The summed E-state index contributed by atoms with van der Waals surface area (Å²) in [7, 11) is 0. The number of fused-ring (bicyclic) bond motifs is 5. The van der Waals surface area contributed by atoms with E-state index in [9.17, 15) is 4.79 Å². The van der Waals surface area contributed by atoms with Gasteiger partial charge in [0.1, 0.15) is 0 Å². The minimum absolute atomic E-state index is 0.322. The molecule has 3 fully saturated rings. The molecule has 4 unspecified atom stereocenters. The highest BCUT2D eigenvalue weighted by Crippen LogP contribution is 2.69. The number of carbonyl (C=O) groups excluding carboxylic acids is 1. The van der Waals surface area contributed by atoms with Crippen LogP contribution in [0, 0.1) is 29.6 Å². The number of rotatable bonds is 5. The van der Waals surface area contributed by atoms with E-state index in [2.05, 4.69) is 18.7 Å². The molecule has 4 atom stereocenters. The summed E-state index contributed by atoms with van der Waals surface area (Å²) in [4.78, 5) is 14.7. The predicted molar refractivity (Wildman–Crippen MR) is 71.8 cm³/mol. The molecule has 0 saturated heterocycles. The Labute approximate surface area is 110 Å². The second-order valence-corrected chi connectivity index (χ2v) is 6.78. The monoisotopic (exact) mass is 250 g/mol. The molecule has 3 aliphatic rings. The van der Waals surface area contributed by atoms with Gasteiger partial charge in [0.05, 0.1) is 0 Å². The lowest BCUT2D eigenvalue weighted by atomic mass is 10.0. The van der Waals surface area contributed by atoms with Gasteiger partial charge < -0.3 is 10.6 Å². The van der Waals surface area contributed by atoms with Crippen LogP contribution < -0.4 is 5.73 Å². The second-order valence-electron chi connectivity index (χ2n) is 6.78. The quantitative estimate of drug-likeness (QED) is 0.809. The number of carbonyl (C=O) groups is 1. The fourth-order valence-corrected chi connectivity index (χ4v) is 4.73. The van der Waals surface area contributed by atoms with Crippen molar-refractivity contribution in [1.82, 2.24) is 4.90 Å². The van der Waals surface area contributed by atoms with Gasteiger partial charge in [-0.25, -0.2) is 0 Å². The lowest BCUT2D eigenvalue weighted by Crippen LogP contribution is -2.40. The molecular weight excluding hydrogens is 224 g/mol. The number of hydrogen-bond donors (Lipinski definition) is 1. The van der Waals surface area contributed by atoms with Gasteiger partial charge in [0.25, 0.3) is 0 Å². The van der Waals surface area contributed by atoms with Crippen LogP contribution in [0.2, 0.25) is 0 Å². The van der Waals surface area contributed by atoms with Crippen molar-refractivity contribution in [3.8, 4) is 0 Å². The summed E-state index contributed by atoms with van der Waals surface area (Å²) in [5, 5.41) is 0. The van der Waals surface area contributed by atoms with Crippen molar-refractivity contribution in [2.45, 2.75) is 45.6 Å². The van der Waals surface area contributed by atoms with Gasteiger partial charge in [0.2, 0.25) is 5.91 Å². The first-order chi connectivity index (χ1) is 8.65. The van der Waals surface area contributed by atoms with E-state index in [1.165, 1.54) is 19.3 Å². The highest BCUT2D eigenvalue weighted by molar-refractivity contribution is 5.83. The van der Waals surface area contributed by atoms with Crippen LogP contribution in [-0.4, -0.2) is 29.9 Å². The van der Waals surface area contributed by atoms with Crippen molar-refractivity contribution < 1.29 is 4.79 Å². The molecule has 3 nitrogen and oxygen atoms in total. The largest absolute Gasteiger partial charge is 0.340 e. The molecule has 1 amide bonds. The third kappa shape index (κ3) is 1.78. The van der Waals surface area contributed by atoms with E-state index >= 15 is 0 Å². The van der Waals surface area contributed by atoms with Crippen LogP contribution in [0.5, 0.6) is 0 Å². The fraction of sp³-hybridized carbons (Fsp3) is 0.933. The van der Waals surface area contributed by atoms with Gasteiger partial charge in [-0.2, -0.15) is 0 Å². The Morgan fingerprint density at radius 2 is 1.89 bits per heavy atom. The average molecular weight is 250 g/mol. The third-order valence-electron chi connectivity index (χ3n) is 5.53. The Morgan fingerprint density at radius 1 is 1.28 bits per heavy atom. The topological polar surface area (TPSA) is 46.3 Å². The van der Waals surface area contributed by atoms with Gasteiger partial charge in [-0.05, 0) is 69.7 Å². The Kier molecular flexibility index (Phi) is 3.13. The van der Waals surface area contributed by atoms with Gasteiger partial charge in [-0.1, -0.05) is 0 Å². The van der Waals surface area contributed by atoms with Gasteiger partial charge in [0.15, 0.2) is 0 Å². The molecule has 0 heterocycles. The molecular formula is C15H26N2O. The molecule has 3 heteroatoms. The molecule has 102 valence electrons. The minimum Gasteiger partial charge on any atom is -0.340 e. The van der Waals surface area contributed by atoms with Crippen LogP contribution in [0.3, 0.4) is 0 Å². The number of nitrogens with two attached hydrogens (primary N) is 1. The second kappa shape index (κ2) is 4.52. The molecule has 0 aliphatic heterocycles. The van der Waals surface area contributed by atoms with Crippen molar-refractivity contribution in [3.63, 3.8) is 0 Å². The molecule has 0 spiro atoms. The first-order valence-corrected chi connectivity index (χ1v) is 7.65. The standard InChI is InChI=1S/C15H26N2O/c1-9(2)17(7-3-6-16)15(18)14-12-10-4-5-11(8-10)13(12)14/h9-14H,3-8,16H2,1-2H3. The van der Waals surface area contributed by atoms with E-state index < -0.39 is 0 Å². The smallest absolute Gasteiger partial charge is 0.226 e. The zero-order chi connectivity index (χ0) is 12.9. The molecule has 0 aromatic heterocycles. The van der Waals surface area contributed by atoms with Crippen molar-refractivity contribution >= 4 is 5.91 Å². The molecule has 2 N–H and O–H groups in total. The van der Waals surface area contributed by atoms with Crippen molar-refractivity contribution in [3.05, 3.63) is 0 Å². The lowest BCUT2D eigenvalue weighted by molar-refractivity contribution is -0.135. The van der Waals surface area contributed by atoms with Crippen molar-refractivity contribution in [2.24, 2.45) is 35.3 Å². The summed E-state index contributed by atoms with van der Waals surface area (Å²) < 4.78 is 0. The maximum Gasteiger partial charge on any atom is 0.226 e. The zero-order valence-corrected chi connectivity index (χ0v) is 11.6. The van der Waals surface area contributed by atoms with Crippen LogP contribution in [0.1, 0.15) is 39.5 Å². The van der Waals surface area contributed by atoms with Gasteiger partial charge in [0, 0.05) is 18.5 Å². The Balaban J connectivity index is 1.64. The van der Waals surface area contributed by atoms with Crippen LogP contribution in [0.15, 0.2) is 0 Å². The summed E-state index contributed by atoms with van der Waals surface area (Å²) in [6.07, 6.45) is 5.13. The van der Waals surface area contributed by atoms with Crippen molar-refractivity contribution in [2.75, 3.05) is 13.1 Å². The maximum absolute atomic E-state index is 12.7. The minimum atomic E-state index is 0.322. The van der Waals surface area contributed by atoms with Crippen LogP contribution in [0.4, 0.5) is 0 Å². The van der Waals surface area contributed by atoms with Crippen LogP contribution >= 0.6 is 0 Å². The van der Waals surface area contributed by atoms with E-state index in [4.69, 9.17) is 5.73 Å². The Morgan fingerprint density at radius 3 is 2.39 bits per heavy atom. The SMILES string of the molecule is CC(C)N(CCCN)C(=O)C1C2C3CCC(C3)C12. The van der Waals surface area contributed by atoms with E-state index in [-0.39, 0.29) is 0 Å². The Hall–Kier alpha value is -0.570. The summed E-state index contributed by atoms with van der Waals surface area (Å²) >= 11 is 0. The first kappa shape index (κ1) is 12.5. The first-order valence-electron chi connectivity index (χ1n) is 7.65. The molecule has 2 bridgehead atoms. The normalized spacial score (nSPS) is 40.1. The highest BCUT2D eigenvalue weighted by Gasteiger charge is 2.67. The lowest BCUT2D eigenvalue weighted by Gasteiger charge is -2.28. The van der Waals surface area contributed by atoms with Gasteiger partial charge >= 0.3 is 0 Å².